The number of halogens is 1. The maximum atomic E-state index is 12.1. The van der Waals surface area contributed by atoms with E-state index in [1.165, 1.54) is 0 Å². The third-order valence-corrected chi connectivity index (χ3v) is 2.97. The summed E-state index contributed by atoms with van der Waals surface area (Å²) in [7, 11) is 3.60. The van der Waals surface area contributed by atoms with Crippen molar-refractivity contribution in [3.63, 3.8) is 0 Å². The lowest BCUT2D eigenvalue weighted by Crippen LogP contribution is -2.32. The molecule has 4 nitrogen and oxygen atoms in total. The Morgan fingerprint density at radius 1 is 1.44 bits per heavy atom. The Morgan fingerprint density at radius 2 is 2.22 bits per heavy atom. The molecule has 0 saturated heterocycles. The van der Waals surface area contributed by atoms with Gasteiger partial charge in [-0.25, -0.2) is 0 Å². The molecule has 1 N–H and O–H groups in total. The van der Waals surface area contributed by atoms with E-state index >= 15 is 0 Å². The van der Waals surface area contributed by atoms with Crippen molar-refractivity contribution in [2.75, 3.05) is 27.2 Å². The summed E-state index contributed by atoms with van der Waals surface area (Å²) in [5.41, 5.74) is 0.671. The standard InChI is InChI=1S/C13H15ClN2O2/c1-15-5-6-16(2)13(17)12-8-9-7-10(14)3-4-11(9)18-12/h3-4,7-8,15H,5-6H2,1-2H3. The van der Waals surface area contributed by atoms with Gasteiger partial charge in [0.25, 0.3) is 5.91 Å². The summed E-state index contributed by atoms with van der Waals surface area (Å²) in [6.07, 6.45) is 0. The minimum absolute atomic E-state index is 0.127. The SMILES string of the molecule is CNCCN(C)C(=O)c1cc2cc(Cl)ccc2o1. The number of furan rings is 1. The molecule has 0 atom stereocenters. The molecule has 0 unspecified atom stereocenters. The summed E-state index contributed by atoms with van der Waals surface area (Å²) in [5, 5.41) is 4.47. The number of likely N-dealkylation sites (N-methyl/N-ethyl adjacent to an activating group) is 2. The Morgan fingerprint density at radius 3 is 2.94 bits per heavy atom. The molecule has 0 bridgehead atoms. The Labute approximate surface area is 111 Å². The molecule has 2 rings (SSSR count). The van der Waals surface area contributed by atoms with Gasteiger partial charge in [-0.2, -0.15) is 0 Å². The van der Waals surface area contributed by atoms with E-state index in [1.54, 1.807) is 36.2 Å². The lowest BCUT2D eigenvalue weighted by molar-refractivity contribution is 0.0768. The molecule has 1 amide bonds. The Hall–Kier alpha value is -1.52. The minimum atomic E-state index is -0.127. The summed E-state index contributed by atoms with van der Waals surface area (Å²) in [5.74, 6) is 0.212. The van der Waals surface area contributed by atoms with Crippen molar-refractivity contribution >= 4 is 28.5 Å². The second-order valence-electron chi connectivity index (χ2n) is 4.12. The van der Waals surface area contributed by atoms with Gasteiger partial charge < -0.3 is 14.6 Å². The van der Waals surface area contributed by atoms with Gasteiger partial charge in [-0.05, 0) is 31.3 Å². The number of rotatable bonds is 4. The number of nitrogens with zero attached hydrogens (tertiary/aromatic N) is 1. The average molecular weight is 267 g/mol. The molecule has 0 spiro atoms. The van der Waals surface area contributed by atoms with E-state index in [-0.39, 0.29) is 5.91 Å². The highest BCUT2D eigenvalue weighted by molar-refractivity contribution is 6.31. The van der Waals surface area contributed by atoms with Gasteiger partial charge in [0.05, 0.1) is 0 Å². The highest BCUT2D eigenvalue weighted by atomic mass is 35.5. The first kappa shape index (κ1) is 12.9. The first-order valence-corrected chi connectivity index (χ1v) is 6.09. The summed E-state index contributed by atoms with van der Waals surface area (Å²) < 4.78 is 5.52. The van der Waals surface area contributed by atoms with E-state index < -0.39 is 0 Å². The fraction of sp³-hybridized carbons (Fsp3) is 0.308. The minimum Gasteiger partial charge on any atom is -0.451 e. The van der Waals surface area contributed by atoms with E-state index in [4.69, 9.17) is 16.0 Å². The Kier molecular flexibility index (Phi) is 3.89. The summed E-state index contributed by atoms with van der Waals surface area (Å²) in [6, 6.07) is 7.01. The third kappa shape index (κ3) is 2.66. The van der Waals surface area contributed by atoms with Crippen LogP contribution in [0.15, 0.2) is 28.7 Å². The number of benzene rings is 1. The monoisotopic (exact) mass is 266 g/mol. The largest absolute Gasteiger partial charge is 0.451 e. The lowest BCUT2D eigenvalue weighted by Gasteiger charge is -2.14. The predicted octanol–water partition coefficient (Wildman–Crippen LogP) is 2.38. The van der Waals surface area contributed by atoms with Crippen molar-refractivity contribution in [3.8, 4) is 0 Å². The number of amides is 1. The number of nitrogens with one attached hydrogen (secondary N) is 1. The van der Waals surface area contributed by atoms with Crippen LogP contribution in [0.4, 0.5) is 0 Å². The van der Waals surface area contributed by atoms with Crippen LogP contribution < -0.4 is 5.32 Å². The van der Waals surface area contributed by atoms with Crippen molar-refractivity contribution < 1.29 is 9.21 Å². The van der Waals surface area contributed by atoms with Crippen LogP contribution >= 0.6 is 11.6 Å². The maximum Gasteiger partial charge on any atom is 0.289 e. The quantitative estimate of drug-likeness (QED) is 0.924. The zero-order valence-electron chi connectivity index (χ0n) is 10.4. The van der Waals surface area contributed by atoms with Crippen molar-refractivity contribution in [3.05, 3.63) is 35.0 Å². The molecule has 0 radical (unpaired) electrons. The van der Waals surface area contributed by atoms with Crippen LogP contribution in [0.3, 0.4) is 0 Å². The Bertz CT molecular complexity index is 565. The van der Waals surface area contributed by atoms with Gasteiger partial charge in [-0.3, -0.25) is 4.79 Å². The first-order valence-electron chi connectivity index (χ1n) is 5.71. The summed E-state index contributed by atoms with van der Waals surface area (Å²) >= 11 is 5.89. The van der Waals surface area contributed by atoms with Gasteiger partial charge in [0.2, 0.25) is 0 Å². The smallest absolute Gasteiger partial charge is 0.289 e. The molecular formula is C13H15ClN2O2. The Balaban J connectivity index is 2.22. The molecule has 0 aliphatic carbocycles. The first-order chi connectivity index (χ1) is 8.61. The van der Waals surface area contributed by atoms with Crippen LogP contribution in [0.25, 0.3) is 11.0 Å². The topological polar surface area (TPSA) is 45.5 Å². The van der Waals surface area contributed by atoms with Gasteiger partial charge in [-0.15, -0.1) is 0 Å². The summed E-state index contributed by atoms with van der Waals surface area (Å²) in [4.78, 5) is 13.7. The molecule has 18 heavy (non-hydrogen) atoms. The predicted molar refractivity (Wildman–Crippen MR) is 72.1 cm³/mol. The molecule has 0 aliphatic rings. The maximum absolute atomic E-state index is 12.1. The number of carbonyl (C=O) groups is 1. The highest BCUT2D eigenvalue weighted by Gasteiger charge is 2.16. The second kappa shape index (κ2) is 5.42. The highest BCUT2D eigenvalue weighted by Crippen LogP contribution is 2.23. The van der Waals surface area contributed by atoms with Crippen molar-refractivity contribution in [2.24, 2.45) is 0 Å². The summed E-state index contributed by atoms with van der Waals surface area (Å²) in [6.45, 7) is 1.38. The molecular weight excluding hydrogens is 252 g/mol. The van der Waals surface area contributed by atoms with Gasteiger partial charge in [0.1, 0.15) is 5.58 Å². The third-order valence-electron chi connectivity index (χ3n) is 2.73. The molecule has 5 heteroatoms. The van der Waals surface area contributed by atoms with Crippen molar-refractivity contribution in [1.82, 2.24) is 10.2 Å². The zero-order valence-corrected chi connectivity index (χ0v) is 11.1. The fourth-order valence-corrected chi connectivity index (χ4v) is 1.87. The molecule has 96 valence electrons. The van der Waals surface area contributed by atoms with E-state index in [0.29, 0.717) is 22.9 Å². The number of carbonyl (C=O) groups excluding carboxylic acids is 1. The molecule has 0 fully saturated rings. The fourth-order valence-electron chi connectivity index (χ4n) is 1.69. The van der Waals surface area contributed by atoms with Crippen molar-refractivity contribution in [2.45, 2.75) is 0 Å². The van der Waals surface area contributed by atoms with Crippen molar-refractivity contribution in [1.29, 1.82) is 0 Å². The van der Waals surface area contributed by atoms with Gasteiger partial charge in [0, 0.05) is 30.5 Å². The van der Waals surface area contributed by atoms with E-state index in [1.807, 2.05) is 7.05 Å². The van der Waals surface area contributed by atoms with Crippen LogP contribution in [0.5, 0.6) is 0 Å². The zero-order chi connectivity index (χ0) is 13.1. The van der Waals surface area contributed by atoms with Crippen LogP contribution in [0.1, 0.15) is 10.6 Å². The number of hydrogen-bond acceptors (Lipinski definition) is 3. The normalized spacial score (nSPS) is 10.8. The number of hydrogen-bond donors (Lipinski definition) is 1. The molecule has 1 heterocycles. The van der Waals surface area contributed by atoms with E-state index in [9.17, 15) is 4.79 Å². The van der Waals surface area contributed by atoms with Crippen LogP contribution in [-0.2, 0) is 0 Å². The second-order valence-corrected chi connectivity index (χ2v) is 4.56. The van der Waals surface area contributed by atoms with Crippen LogP contribution in [-0.4, -0.2) is 38.0 Å². The molecule has 0 saturated carbocycles. The molecule has 2 aromatic rings. The van der Waals surface area contributed by atoms with Gasteiger partial charge in [0.15, 0.2) is 5.76 Å². The number of fused-ring (bicyclic) bond motifs is 1. The average Bonchev–Trinajstić information content (AvgIpc) is 2.77. The van der Waals surface area contributed by atoms with Gasteiger partial charge in [-0.1, -0.05) is 11.6 Å². The van der Waals surface area contributed by atoms with E-state index in [0.717, 1.165) is 11.9 Å². The lowest BCUT2D eigenvalue weighted by atomic mass is 10.2. The molecule has 1 aromatic heterocycles. The van der Waals surface area contributed by atoms with Crippen LogP contribution in [0.2, 0.25) is 5.02 Å². The van der Waals surface area contributed by atoms with E-state index in [2.05, 4.69) is 5.32 Å². The molecule has 1 aromatic carbocycles. The molecule has 0 aliphatic heterocycles. The van der Waals surface area contributed by atoms with Gasteiger partial charge >= 0.3 is 0 Å². The van der Waals surface area contributed by atoms with Crippen LogP contribution in [0, 0.1) is 0 Å².